The van der Waals surface area contributed by atoms with Crippen LogP contribution in [0, 0.1) is 0 Å². The predicted molar refractivity (Wildman–Crippen MR) is 29.3 cm³/mol. The van der Waals surface area contributed by atoms with Crippen molar-refractivity contribution in [3.8, 4) is 0 Å². The van der Waals surface area contributed by atoms with Gasteiger partial charge in [-0.15, -0.1) is 0 Å². The van der Waals surface area contributed by atoms with Gasteiger partial charge in [0.05, 0.1) is 0 Å². The molecule has 0 aliphatic heterocycles. The third-order valence-electron chi connectivity index (χ3n) is 0.494. The molecule has 36 valence electrons. The first kappa shape index (κ1) is 5.67. The van der Waals surface area contributed by atoms with Crippen LogP contribution < -0.4 is 0 Å². The average Bonchev–Trinajstić information content (AvgIpc) is 1.61. The molecule has 0 amide bonds. The Hall–Kier alpha value is -0.330. The van der Waals surface area contributed by atoms with Gasteiger partial charge in [0.15, 0.2) is 0 Å². The van der Waals surface area contributed by atoms with E-state index >= 15 is 0 Å². The lowest BCUT2D eigenvalue weighted by atomic mass is 10.7. The third-order valence-corrected chi connectivity index (χ3v) is 0.494. The second kappa shape index (κ2) is 4.67. The van der Waals surface area contributed by atoms with Crippen LogP contribution >= 0.6 is 0 Å². The van der Waals surface area contributed by atoms with Crippen molar-refractivity contribution in [3.63, 3.8) is 0 Å². The summed E-state index contributed by atoms with van der Waals surface area (Å²) in [6.07, 6.45) is 2.99. The van der Waals surface area contributed by atoms with Crippen LogP contribution in [0.2, 0.25) is 0 Å². The smallest absolute Gasteiger partial charge is 0.0357 e. The number of nitrogens with zero attached hydrogens (tertiary/aromatic N) is 1. The van der Waals surface area contributed by atoms with Crippen LogP contribution in [0.5, 0.6) is 0 Å². The van der Waals surface area contributed by atoms with Crippen molar-refractivity contribution in [2.75, 3.05) is 6.54 Å². The molecule has 0 aromatic carbocycles. The molecule has 0 heterocycles. The zero-order chi connectivity index (χ0) is 4.83. The van der Waals surface area contributed by atoms with Gasteiger partial charge in [-0.1, -0.05) is 6.92 Å². The number of aliphatic imine (C=N–C) groups is 1. The molecule has 0 aromatic rings. The molecule has 0 saturated heterocycles. The van der Waals surface area contributed by atoms with Crippen LogP contribution in [0.25, 0.3) is 0 Å². The second-order valence-electron chi connectivity index (χ2n) is 1.09. The van der Waals surface area contributed by atoms with Gasteiger partial charge in [-0.2, -0.15) is 0 Å². The van der Waals surface area contributed by atoms with Gasteiger partial charge in [-0.05, 0) is 19.6 Å². The van der Waals surface area contributed by atoms with E-state index in [0.29, 0.717) is 0 Å². The highest BCUT2D eigenvalue weighted by Crippen LogP contribution is 1.66. The van der Waals surface area contributed by atoms with Crippen molar-refractivity contribution in [2.24, 2.45) is 4.99 Å². The van der Waals surface area contributed by atoms with E-state index < -0.39 is 0 Å². The summed E-state index contributed by atoms with van der Waals surface area (Å²) in [6.45, 7) is 5.04. The maximum atomic E-state index is 3.97. The van der Waals surface area contributed by atoms with Gasteiger partial charge in [0, 0.05) is 6.54 Å². The Morgan fingerprint density at radius 2 is 2.17 bits per heavy atom. The second-order valence-corrected chi connectivity index (χ2v) is 1.09. The first-order valence-electron chi connectivity index (χ1n) is 2.40. The molecular formula is C5H11N. The van der Waals surface area contributed by atoms with Crippen LogP contribution in [0.4, 0.5) is 0 Å². The van der Waals surface area contributed by atoms with E-state index in [1.165, 1.54) is 0 Å². The van der Waals surface area contributed by atoms with Crippen LogP contribution in [-0.4, -0.2) is 12.8 Å². The summed E-state index contributed by atoms with van der Waals surface area (Å²) in [7, 11) is 0. The Labute approximate surface area is 39.1 Å². The molecule has 0 aliphatic carbocycles. The quantitative estimate of drug-likeness (QED) is 0.276. The van der Waals surface area contributed by atoms with Crippen molar-refractivity contribution in [1.82, 2.24) is 0 Å². The zero-order valence-corrected chi connectivity index (χ0v) is 4.44. The molecule has 6 heavy (non-hydrogen) atoms. The molecule has 0 unspecified atom stereocenters. The van der Waals surface area contributed by atoms with E-state index in [1.807, 2.05) is 13.1 Å². The summed E-state index contributed by atoms with van der Waals surface area (Å²) in [4.78, 5) is 3.97. The molecule has 1 nitrogen and oxygen atoms in total. The highest BCUT2D eigenvalue weighted by molar-refractivity contribution is 5.56. The number of rotatable bonds is 2. The summed E-state index contributed by atoms with van der Waals surface area (Å²) < 4.78 is 0. The maximum Gasteiger partial charge on any atom is 0.0357 e. The average molecular weight is 89.1 g/mol. The van der Waals surface area contributed by atoms with Crippen LogP contribution in [0.1, 0.15) is 20.3 Å². The van der Waals surface area contributed by atoms with Crippen LogP contribution in [0.3, 0.4) is 0 Å². The lowest BCUT2D eigenvalue weighted by Gasteiger charge is -1.74. The summed E-state index contributed by atoms with van der Waals surface area (Å²) in [6, 6.07) is 0. The maximum absolute atomic E-state index is 3.97. The Morgan fingerprint density at radius 1 is 1.50 bits per heavy atom. The van der Waals surface area contributed by atoms with E-state index in [1.54, 1.807) is 0 Å². The van der Waals surface area contributed by atoms with Crippen LogP contribution in [-0.2, 0) is 0 Å². The van der Waals surface area contributed by atoms with E-state index in [2.05, 4.69) is 11.9 Å². The fourth-order valence-electron chi connectivity index (χ4n) is 0.258. The first-order valence-corrected chi connectivity index (χ1v) is 2.40. The molecule has 0 aromatic heterocycles. The van der Waals surface area contributed by atoms with E-state index in [9.17, 15) is 0 Å². The molecule has 1 heteroatoms. The van der Waals surface area contributed by atoms with Crippen molar-refractivity contribution in [2.45, 2.75) is 20.3 Å². The van der Waals surface area contributed by atoms with Gasteiger partial charge < -0.3 is 0 Å². The Balaban J connectivity index is 2.73. The molecule has 0 bridgehead atoms. The van der Waals surface area contributed by atoms with Gasteiger partial charge in [0.2, 0.25) is 0 Å². The molecule has 0 aliphatic rings. The minimum atomic E-state index is 0.924. The summed E-state index contributed by atoms with van der Waals surface area (Å²) in [5, 5.41) is 0. The van der Waals surface area contributed by atoms with E-state index in [0.717, 1.165) is 13.0 Å². The lowest BCUT2D eigenvalue weighted by Crippen LogP contribution is -1.68. The predicted octanol–water partition coefficient (Wildman–Crippen LogP) is 1.49. The molecule has 0 radical (unpaired) electrons. The van der Waals surface area contributed by atoms with Gasteiger partial charge in [0.1, 0.15) is 0 Å². The lowest BCUT2D eigenvalue weighted by molar-refractivity contribution is 1.12. The fraction of sp³-hybridized carbons (Fsp3) is 0.800. The summed E-state index contributed by atoms with van der Waals surface area (Å²) in [5.41, 5.74) is 0. The number of hydrogen-bond donors (Lipinski definition) is 0. The zero-order valence-electron chi connectivity index (χ0n) is 4.44. The van der Waals surface area contributed by atoms with Gasteiger partial charge >= 0.3 is 0 Å². The Bertz CT molecular complexity index is 33.2. The highest BCUT2D eigenvalue weighted by Gasteiger charge is 1.59. The largest absolute Gasteiger partial charge is 0.298 e. The molecule has 0 saturated carbocycles. The van der Waals surface area contributed by atoms with Gasteiger partial charge in [-0.3, -0.25) is 4.99 Å². The van der Waals surface area contributed by atoms with Crippen molar-refractivity contribution in [1.29, 1.82) is 0 Å². The molecule has 0 rings (SSSR count). The Morgan fingerprint density at radius 3 is 2.33 bits per heavy atom. The molecule has 0 atom stereocenters. The van der Waals surface area contributed by atoms with Gasteiger partial charge in [-0.25, -0.2) is 0 Å². The van der Waals surface area contributed by atoms with E-state index in [4.69, 9.17) is 0 Å². The van der Waals surface area contributed by atoms with E-state index in [-0.39, 0.29) is 0 Å². The molecule has 0 N–H and O–H groups in total. The summed E-state index contributed by atoms with van der Waals surface area (Å²) >= 11 is 0. The van der Waals surface area contributed by atoms with Crippen molar-refractivity contribution >= 4 is 6.21 Å². The highest BCUT2D eigenvalue weighted by atomic mass is 15.6. The SMILES string of the molecule is [13CH3]C/C=[15N]\[13CH2][13CH3]. The number of hydrogen-bond acceptors (Lipinski definition) is 1. The molecular weight excluding hydrogens is 78.0 g/mol. The summed E-state index contributed by atoms with van der Waals surface area (Å²) in [5.74, 6) is 0. The topological polar surface area (TPSA) is 12.4 Å². The minimum Gasteiger partial charge on any atom is -0.298 e. The first-order chi connectivity index (χ1) is 2.91. The third kappa shape index (κ3) is 3.67. The molecule has 0 fully saturated rings. The standard InChI is InChI=1S/C5H11N/c1-3-5-6-4-2/h5H,3-4H2,1-2H3/b6-5-/i1+1,2+1,4+1,6+1. The Kier molecular flexibility index (Phi) is 4.41. The minimum absolute atomic E-state index is 0.924. The monoisotopic (exact) mass is 89.1 g/mol. The van der Waals surface area contributed by atoms with Crippen molar-refractivity contribution < 1.29 is 0 Å². The van der Waals surface area contributed by atoms with Crippen molar-refractivity contribution in [3.05, 3.63) is 0 Å². The normalized spacial score (nSPS) is 10.3. The molecule has 0 spiro atoms. The fourth-order valence-corrected chi connectivity index (χ4v) is 0.258. The van der Waals surface area contributed by atoms with Crippen LogP contribution in [0.15, 0.2) is 4.99 Å². The van der Waals surface area contributed by atoms with Gasteiger partial charge in [0.25, 0.3) is 0 Å².